The third-order valence-electron chi connectivity index (χ3n) is 5.54. The van der Waals surface area contributed by atoms with Crippen LogP contribution in [0.25, 0.3) is 0 Å². The summed E-state index contributed by atoms with van der Waals surface area (Å²) in [5.74, 6) is 1.01. The number of rotatable bonds is 1. The van der Waals surface area contributed by atoms with Gasteiger partial charge in [-0.1, -0.05) is 11.6 Å². The van der Waals surface area contributed by atoms with Gasteiger partial charge in [0.25, 0.3) is 0 Å². The number of likely N-dealkylation sites (tertiary alicyclic amines) is 1. The Balaban J connectivity index is 1.44. The molecule has 2 fully saturated rings. The number of carbonyl (C=O) groups is 1. The van der Waals surface area contributed by atoms with Crippen molar-refractivity contribution in [3.63, 3.8) is 0 Å². The molecule has 3 nitrogen and oxygen atoms in total. The molecule has 0 bridgehead atoms. The molecule has 1 N–H and O–H groups in total. The molecule has 2 atom stereocenters. The van der Waals surface area contributed by atoms with E-state index in [2.05, 4.69) is 16.3 Å². The molecule has 0 aromatic carbocycles. The Bertz CT molecular complexity index is 477. The van der Waals surface area contributed by atoms with Crippen LogP contribution in [0.5, 0.6) is 0 Å². The Morgan fingerprint density at radius 3 is 2.95 bits per heavy atom. The summed E-state index contributed by atoms with van der Waals surface area (Å²) in [7, 11) is 0. The van der Waals surface area contributed by atoms with Crippen molar-refractivity contribution < 1.29 is 4.79 Å². The zero-order valence-electron chi connectivity index (χ0n) is 12.2. The van der Waals surface area contributed by atoms with Gasteiger partial charge < -0.3 is 10.2 Å². The van der Waals surface area contributed by atoms with Gasteiger partial charge in [0.1, 0.15) is 0 Å². The van der Waals surface area contributed by atoms with Gasteiger partial charge in [0.15, 0.2) is 0 Å². The van der Waals surface area contributed by atoms with E-state index < -0.39 is 0 Å². The van der Waals surface area contributed by atoms with Crippen LogP contribution in [0.15, 0.2) is 22.8 Å². The van der Waals surface area contributed by atoms with Gasteiger partial charge in [0.05, 0.1) is 0 Å². The SMILES string of the molecule is O=C(C1=CC2=C(CCCC2)C1)N1CC2CCCNC2C1. The Morgan fingerprint density at radius 2 is 2.10 bits per heavy atom. The lowest BCUT2D eigenvalue weighted by molar-refractivity contribution is -0.126. The van der Waals surface area contributed by atoms with Crippen LogP contribution in [0.1, 0.15) is 44.9 Å². The highest BCUT2D eigenvalue weighted by Crippen LogP contribution is 2.37. The number of amides is 1. The molecule has 4 aliphatic rings. The van der Waals surface area contributed by atoms with Crippen LogP contribution in [0.4, 0.5) is 0 Å². The Kier molecular flexibility index (Phi) is 3.18. The molecular weight excluding hydrogens is 248 g/mol. The normalized spacial score (nSPS) is 33.0. The number of hydrogen-bond acceptors (Lipinski definition) is 2. The van der Waals surface area contributed by atoms with E-state index in [1.54, 1.807) is 5.57 Å². The Morgan fingerprint density at radius 1 is 1.20 bits per heavy atom. The fourth-order valence-corrected chi connectivity index (χ4v) is 4.41. The minimum atomic E-state index is 0.315. The van der Waals surface area contributed by atoms with Crippen molar-refractivity contribution in [1.29, 1.82) is 0 Å². The molecule has 0 spiro atoms. The highest BCUT2D eigenvalue weighted by molar-refractivity contribution is 5.95. The molecule has 4 rings (SSSR count). The van der Waals surface area contributed by atoms with Crippen LogP contribution in [-0.4, -0.2) is 36.5 Å². The highest BCUT2D eigenvalue weighted by atomic mass is 16.2. The standard InChI is InChI=1S/C17H24N2O/c20-17(15-8-12-4-1-2-5-13(12)9-15)19-10-14-6-3-7-18-16(14)11-19/h8,14,16,18H,1-7,9-11H2. The van der Waals surface area contributed by atoms with E-state index in [-0.39, 0.29) is 0 Å². The molecule has 2 unspecified atom stereocenters. The van der Waals surface area contributed by atoms with Crippen molar-refractivity contribution in [2.75, 3.05) is 19.6 Å². The average Bonchev–Trinajstić information content (AvgIpc) is 3.10. The number of fused-ring (bicyclic) bond motifs is 1. The van der Waals surface area contributed by atoms with E-state index in [4.69, 9.17) is 0 Å². The maximum atomic E-state index is 12.7. The Labute approximate surface area is 121 Å². The summed E-state index contributed by atoms with van der Waals surface area (Å²) in [6, 6.07) is 0.553. The Hall–Kier alpha value is -1.09. The van der Waals surface area contributed by atoms with E-state index in [1.807, 2.05) is 0 Å². The van der Waals surface area contributed by atoms with Gasteiger partial charge in [0.2, 0.25) is 5.91 Å². The second kappa shape index (κ2) is 5.03. The third-order valence-corrected chi connectivity index (χ3v) is 5.54. The lowest BCUT2D eigenvalue weighted by Gasteiger charge is -2.24. The zero-order valence-corrected chi connectivity index (χ0v) is 12.2. The van der Waals surface area contributed by atoms with Crippen LogP contribution in [0, 0.1) is 5.92 Å². The number of nitrogens with zero attached hydrogens (tertiary/aromatic N) is 1. The molecule has 20 heavy (non-hydrogen) atoms. The first-order chi connectivity index (χ1) is 9.81. The minimum absolute atomic E-state index is 0.315. The molecular formula is C17H24N2O. The van der Waals surface area contributed by atoms with Crippen LogP contribution < -0.4 is 5.32 Å². The summed E-state index contributed by atoms with van der Waals surface area (Å²) in [6.45, 7) is 3.02. The zero-order chi connectivity index (χ0) is 13.5. The van der Waals surface area contributed by atoms with Crippen molar-refractivity contribution in [2.45, 2.75) is 51.0 Å². The molecule has 2 aliphatic heterocycles. The van der Waals surface area contributed by atoms with Crippen LogP contribution in [0.2, 0.25) is 0 Å². The van der Waals surface area contributed by atoms with Crippen LogP contribution in [0.3, 0.4) is 0 Å². The van der Waals surface area contributed by atoms with Crippen LogP contribution >= 0.6 is 0 Å². The second-order valence-corrected chi connectivity index (χ2v) is 6.86. The average molecular weight is 272 g/mol. The van der Waals surface area contributed by atoms with E-state index >= 15 is 0 Å². The quantitative estimate of drug-likeness (QED) is 0.795. The van der Waals surface area contributed by atoms with Crippen molar-refractivity contribution in [1.82, 2.24) is 10.2 Å². The second-order valence-electron chi connectivity index (χ2n) is 6.86. The highest BCUT2D eigenvalue weighted by Gasteiger charge is 2.37. The fraction of sp³-hybridized carbons (Fsp3) is 0.706. The largest absolute Gasteiger partial charge is 0.337 e. The van der Waals surface area contributed by atoms with Crippen molar-refractivity contribution in [2.24, 2.45) is 5.92 Å². The van der Waals surface area contributed by atoms with Crippen molar-refractivity contribution in [3.05, 3.63) is 22.8 Å². The number of hydrogen-bond donors (Lipinski definition) is 1. The predicted molar refractivity (Wildman–Crippen MR) is 79.3 cm³/mol. The minimum Gasteiger partial charge on any atom is -0.337 e. The topological polar surface area (TPSA) is 32.3 Å². The van der Waals surface area contributed by atoms with E-state index in [0.717, 1.165) is 31.6 Å². The summed E-state index contributed by atoms with van der Waals surface area (Å²) >= 11 is 0. The summed E-state index contributed by atoms with van der Waals surface area (Å²) < 4.78 is 0. The summed E-state index contributed by atoms with van der Waals surface area (Å²) in [6.07, 6.45) is 10.7. The first-order valence-electron chi connectivity index (χ1n) is 8.25. The maximum absolute atomic E-state index is 12.7. The predicted octanol–water partition coefficient (Wildman–Crippen LogP) is 2.40. The first-order valence-corrected chi connectivity index (χ1v) is 8.25. The van der Waals surface area contributed by atoms with Gasteiger partial charge in [-0.15, -0.1) is 0 Å². The molecule has 2 saturated heterocycles. The smallest absolute Gasteiger partial charge is 0.250 e. The number of carbonyl (C=O) groups excluding carboxylic acids is 1. The molecule has 108 valence electrons. The molecule has 1 amide bonds. The van der Waals surface area contributed by atoms with Gasteiger partial charge >= 0.3 is 0 Å². The van der Waals surface area contributed by atoms with Gasteiger partial charge in [-0.3, -0.25) is 4.79 Å². The van der Waals surface area contributed by atoms with E-state index in [1.165, 1.54) is 44.1 Å². The molecule has 3 heteroatoms. The number of piperidine rings is 1. The first kappa shape index (κ1) is 12.6. The summed E-state index contributed by atoms with van der Waals surface area (Å²) in [4.78, 5) is 14.8. The van der Waals surface area contributed by atoms with E-state index in [9.17, 15) is 4.79 Å². The lowest BCUT2D eigenvalue weighted by atomic mass is 9.93. The summed E-state index contributed by atoms with van der Waals surface area (Å²) in [5, 5.41) is 3.58. The fourth-order valence-electron chi connectivity index (χ4n) is 4.41. The molecule has 2 heterocycles. The van der Waals surface area contributed by atoms with Gasteiger partial charge in [-0.05, 0) is 63.0 Å². The molecule has 2 aliphatic carbocycles. The van der Waals surface area contributed by atoms with Gasteiger partial charge in [-0.2, -0.15) is 0 Å². The summed E-state index contributed by atoms with van der Waals surface area (Å²) in [5.41, 5.74) is 4.10. The third kappa shape index (κ3) is 2.12. The lowest BCUT2D eigenvalue weighted by Crippen LogP contribution is -2.41. The monoisotopic (exact) mass is 272 g/mol. The van der Waals surface area contributed by atoms with E-state index in [0.29, 0.717) is 17.9 Å². The molecule has 0 aromatic rings. The molecule has 0 saturated carbocycles. The van der Waals surface area contributed by atoms with Crippen LogP contribution in [-0.2, 0) is 4.79 Å². The molecule has 0 radical (unpaired) electrons. The van der Waals surface area contributed by atoms with Gasteiger partial charge in [0, 0.05) is 24.7 Å². The molecule has 0 aromatic heterocycles. The van der Waals surface area contributed by atoms with Gasteiger partial charge in [-0.25, -0.2) is 0 Å². The van der Waals surface area contributed by atoms with Crippen molar-refractivity contribution in [3.8, 4) is 0 Å². The maximum Gasteiger partial charge on any atom is 0.250 e. The number of allylic oxidation sites excluding steroid dienone is 3. The number of nitrogens with one attached hydrogen (secondary N) is 1. The van der Waals surface area contributed by atoms with Crippen molar-refractivity contribution >= 4 is 5.91 Å².